The van der Waals surface area contributed by atoms with Gasteiger partial charge in [-0.1, -0.05) is 38.1 Å². The molecular weight excluding hydrogens is 254 g/mol. The molecular formula is C17H17ClN. The first kappa shape index (κ1) is 12.6. The van der Waals surface area contributed by atoms with Crippen molar-refractivity contribution in [1.82, 2.24) is 4.57 Å². The van der Waals surface area contributed by atoms with Gasteiger partial charge in [-0.25, -0.2) is 0 Å². The normalized spacial score (nSPS) is 11.8. The quantitative estimate of drug-likeness (QED) is 0.580. The first-order chi connectivity index (χ1) is 9.20. The van der Waals surface area contributed by atoms with Crippen molar-refractivity contribution < 1.29 is 0 Å². The van der Waals surface area contributed by atoms with E-state index in [4.69, 9.17) is 11.6 Å². The Hall–Kier alpha value is -1.47. The highest BCUT2D eigenvalue weighted by Gasteiger charge is 2.11. The minimum atomic E-state index is 0.564. The van der Waals surface area contributed by atoms with Crippen molar-refractivity contribution in [3.8, 4) is 0 Å². The van der Waals surface area contributed by atoms with Crippen LogP contribution in [-0.4, -0.2) is 4.57 Å². The number of aromatic nitrogens is 1. The second kappa shape index (κ2) is 4.90. The van der Waals surface area contributed by atoms with Crippen LogP contribution in [0.2, 0.25) is 0 Å². The van der Waals surface area contributed by atoms with Crippen molar-refractivity contribution in [1.29, 1.82) is 0 Å². The standard InChI is InChI=1S/C17H17ClN/c1-12(2)11-19-16-6-4-3-5-14(16)15-9-13(10-18)7-8-17(15)19/h3-9H,10-11H2,1-2H3. The smallest absolute Gasteiger partial charge is 0.0491 e. The molecule has 0 aliphatic carbocycles. The average Bonchev–Trinajstić information content (AvgIpc) is 2.73. The van der Waals surface area contributed by atoms with Crippen LogP contribution >= 0.6 is 11.6 Å². The van der Waals surface area contributed by atoms with Crippen molar-refractivity contribution in [2.45, 2.75) is 26.3 Å². The molecule has 0 atom stereocenters. The summed E-state index contributed by atoms with van der Waals surface area (Å²) in [6, 6.07) is 15.1. The molecule has 1 nitrogen and oxygen atoms in total. The fraction of sp³-hybridized carbons (Fsp3) is 0.235. The van der Waals surface area contributed by atoms with Gasteiger partial charge < -0.3 is 4.57 Å². The Kier molecular flexibility index (Phi) is 3.24. The Bertz CT molecular complexity index is 725. The molecule has 97 valence electrons. The Morgan fingerprint density at radius 3 is 2.47 bits per heavy atom. The van der Waals surface area contributed by atoms with Gasteiger partial charge in [-0.15, -0.1) is 11.6 Å². The number of nitrogens with zero attached hydrogens (tertiary/aromatic N) is 1. The molecule has 1 aromatic heterocycles. The summed E-state index contributed by atoms with van der Waals surface area (Å²) in [7, 11) is 0. The lowest BCUT2D eigenvalue weighted by Crippen LogP contribution is -2.02. The summed E-state index contributed by atoms with van der Waals surface area (Å²) >= 11 is 5.96. The molecule has 0 N–H and O–H groups in total. The second-order valence-electron chi connectivity index (χ2n) is 5.30. The summed E-state index contributed by atoms with van der Waals surface area (Å²) < 4.78 is 2.39. The Morgan fingerprint density at radius 1 is 1.00 bits per heavy atom. The first-order valence-corrected chi connectivity index (χ1v) is 7.09. The molecule has 1 heterocycles. The molecule has 0 unspecified atom stereocenters. The zero-order valence-electron chi connectivity index (χ0n) is 11.3. The molecule has 2 aromatic carbocycles. The van der Waals surface area contributed by atoms with Gasteiger partial charge in [-0.3, -0.25) is 0 Å². The van der Waals surface area contributed by atoms with Gasteiger partial charge in [0, 0.05) is 34.2 Å². The molecule has 3 rings (SSSR count). The van der Waals surface area contributed by atoms with Crippen LogP contribution < -0.4 is 0 Å². The number of hydrogen-bond donors (Lipinski definition) is 0. The molecule has 1 radical (unpaired) electrons. The third kappa shape index (κ3) is 2.12. The van der Waals surface area contributed by atoms with Crippen LogP contribution in [0, 0.1) is 5.92 Å². The van der Waals surface area contributed by atoms with Crippen molar-refractivity contribution in [3.05, 3.63) is 53.9 Å². The number of halogens is 1. The first-order valence-electron chi connectivity index (χ1n) is 6.55. The van der Waals surface area contributed by atoms with Gasteiger partial charge in [-0.05, 0) is 29.7 Å². The number of hydrogen-bond acceptors (Lipinski definition) is 0. The number of rotatable bonds is 3. The maximum absolute atomic E-state index is 5.96. The molecule has 0 spiro atoms. The zero-order valence-corrected chi connectivity index (χ0v) is 12.0. The lowest BCUT2D eigenvalue weighted by atomic mass is 10.1. The Morgan fingerprint density at radius 2 is 1.74 bits per heavy atom. The Balaban J connectivity index is 2.37. The van der Waals surface area contributed by atoms with E-state index in [0.717, 1.165) is 6.54 Å². The molecule has 0 saturated heterocycles. The van der Waals surface area contributed by atoms with Crippen LogP contribution in [0.5, 0.6) is 0 Å². The van der Waals surface area contributed by atoms with Crippen molar-refractivity contribution >= 4 is 33.4 Å². The van der Waals surface area contributed by atoms with Gasteiger partial charge in [0.2, 0.25) is 0 Å². The largest absolute Gasteiger partial charge is 0.340 e. The van der Waals surface area contributed by atoms with Crippen LogP contribution in [-0.2, 0) is 12.4 Å². The van der Waals surface area contributed by atoms with Crippen LogP contribution in [0.15, 0.2) is 42.5 Å². The van der Waals surface area contributed by atoms with E-state index in [-0.39, 0.29) is 0 Å². The fourth-order valence-corrected chi connectivity index (χ4v) is 2.84. The van der Waals surface area contributed by atoms with Crippen molar-refractivity contribution in [2.24, 2.45) is 0 Å². The molecule has 3 aromatic rings. The van der Waals surface area contributed by atoms with E-state index >= 15 is 0 Å². The van der Waals surface area contributed by atoms with E-state index in [1.54, 1.807) is 0 Å². The average molecular weight is 271 g/mol. The number of alkyl halides is 1. The fourth-order valence-electron chi connectivity index (χ4n) is 2.67. The highest BCUT2D eigenvalue weighted by atomic mass is 35.5. The van der Waals surface area contributed by atoms with Gasteiger partial charge in [-0.2, -0.15) is 0 Å². The lowest BCUT2D eigenvalue weighted by molar-refractivity contribution is 0.759. The van der Waals surface area contributed by atoms with Crippen LogP contribution in [0.3, 0.4) is 0 Å². The maximum Gasteiger partial charge on any atom is 0.0491 e. The molecule has 2 heteroatoms. The highest BCUT2D eigenvalue weighted by molar-refractivity contribution is 6.17. The minimum Gasteiger partial charge on any atom is -0.340 e. The molecule has 0 aliphatic rings. The molecule has 0 fully saturated rings. The molecule has 0 amide bonds. The summed E-state index contributed by atoms with van der Waals surface area (Å²) in [6.07, 6.45) is 0. The monoisotopic (exact) mass is 270 g/mol. The van der Waals surface area contributed by atoms with Gasteiger partial charge in [0.1, 0.15) is 0 Å². The van der Waals surface area contributed by atoms with Gasteiger partial charge in [0.05, 0.1) is 0 Å². The van der Waals surface area contributed by atoms with Crippen LogP contribution in [0.25, 0.3) is 21.8 Å². The molecule has 19 heavy (non-hydrogen) atoms. The van der Waals surface area contributed by atoms with Crippen LogP contribution in [0.4, 0.5) is 0 Å². The highest BCUT2D eigenvalue weighted by Crippen LogP contribution is 2.30. The summed E-state index contributed by atoms with van der Waals surface area (Å²) in [4.78, 5) is 0. The summed E-state index contributed by atoms with van der Waals surface area (Å²) in [5, 5.41) is 2.61. The summed E-state index contributed by atoms with van der Waals surface area (Å²) in [5.74, 6) is 1.97. The summed E-state index contributed by atoms with van der Waals surface area (Å²) in [5.41, 5.74) is 3.76. The van der Waals surface area contributed by atoms with Crippen molar-refractivity contribution in [3.63, 3.8) is 0 Å². The van der Waals surface area contributed by atoms with E-state index in [1.807, 2.05) is 0 Å². The molecule has 0 saturated carbocycles. The lowest BCUT2D eigenvalue weighted by Gasteiger charge is -2.09. The van der Waals surface area contributed by atoms with E-state index in [2.05, 4.69) is 60.9 Å². The predicted octanol–water partition coefficient (Wildman–Crippen LogP) is 5.15. The van der Waals surface area contributed by atoms with Gasteiger partial charge in [0.25, 0.3) is 0 Å². The van der Waals surface area contributed by atoms with E-state index < -0.39 is 0 Å². The number of benzene rings is 2. The SMILES string of the molecule is C[C](C)Cn1c2ccccc2c2cc(CCl)ccc21. The number of para-hydroxylation sites is 1. The summed E-state index contributed by atoms with van der Waals surface area (Å²) in [6.45, 7) is 5.31. The molecule has 0 bridgehead atoms. The van der Waals surface area contributed by atoms with E-state index in [0.29, 0.717) is 5.88 Å². The zero-order chi connectivity index (χ0) is 13.4. The van der Waals surface area contributed by atoms with Crippen molar-refractivity contribution in [2.75, 3.05) is 0 Å². The topological polar surface area (TPSA) is 4.93 Å². The number of fused-ring (bicyclic) bond motifs is 3. The predicted molar refractivity (Wildman–Crippen MR) is 83.6 cm³/mol. The third-order valence-corrected chi connectivity index (χ3v) is 3.77. The second-order valence-corrected chi connectivity index (χ2v) is 5.56. The minimum absolute atomic E-state index is 0.564. The van der Waals surface area contributed by atoms with Crippen LogP contribution in [0.1, 0.15) is 19.4 Å². The Labute approximate surface area is 118 Å². The van der Waals surface area contributed by atoms with E-state index in [9.17, 15) is 0 Å². The third-order valence-electron chi connectivity index (χ3n) is 3.47. The van der Waals surface area contributed by atoms with Gasteiger partial charge in [0.15, 0.2) is 0 Å². The van der Waals surface area contributed by atoms with Gasteiger partial charge >= 0.3 is 0 Å². The maximum atomic E-state index is 5.96. The molecule has 0 aliphatic heterocycles. The van der Waals surface area contributed by atoms with E-state index in [1.165, 1.54) is 33.3 Å².